The van der Waals surface area contributed by atoms with E-state index in [0.29, 0.717) is 25.7 Å². The number of azo groups is 2. The fourth-order valence-electron chi connectivity index (χ4n) is 8.63. The van der Waals surface area contributed by atoms with Gasteiger partial charge in [-0.2, -0.15) is 20.5 Å². The zero-order valence-electron chi connectivity index (χ0n) is 29.3. The molecule has 0 aromatic rings. The summed E-state index contributed by atoms with van der Waals surface area (Å²) in [6.07, 6.45) is 4.57. The van der Waals surface area contributed by atoms with Gasteiger partial charge in [-0.05, 0) is 88.9 Å². The monoisotopic (exact) mass is 721 g/mol. The third-order valence-electron chi connectivity index (χ3n) is 11.6. The molecule has 1 heterocycles. The third kappa shape index (κ3) is 10.9. The van der Waals surface area contributed by atoms with Crippen molar-refractivity contribution in [1.82, 2.24) is 26.6 Å². The molecule has 12 atom stereocenters. The Kier molecular flexibility index (Phi) is 13.5. The van der Waals surface area contributed by atoms with Crippen LogP contribution in [0.15, 0.2) is 20.5 Å². The van der Waals surface area contributed by atoms with Crippen LogP contribution in [0.4, 0.5) is 0 Å². The summed E-state index contributed by atoms with van der Waals surface area (Å²) in [7, 11) is 0. The number of aliphatic carboxylic acids is 4. The standard InChI is InChI=1S/C33H55N9O9/c1-15-7-21(3-5-25(15)41-39-23-11-17(27(43)44)9-18(12-23)28(45)46)34-31-36-32(38-33(51)37-31)35-22-4-6-26(16(2)8-22)42-40-24-13-19(29(47)48)10-20(14-24)30(49)50/h15-26,31-38,51H,3-14H2,1-2H3,(H,43,44)(H,45,46)(H,47,48)(H,49,50). The molecule has 51 heavy (non-hydrogen) atoms. The Labute approximate surface area is 297 Å². The van der Waals surface area contributed by atoms with Gasteiger partial charge in [0.25, 0.3) is 0 Å². The van der Waals surface area contributed by atoms with Crippen LogP contribution in [-0.4, -0.2) is 105 Å². The molecule has 4 aliphatic carbocycles. The smallest absolute Gasteiger partial charge is 0.306 e. The molecule has 12 unspecified atom stereocenters. The molecular formula is C33H55N9O9. The summed E-state index contributed by atoms with van der Waals surface area (Å²) in [5.74, 6) is -6.48. The molecule has 1 aliphatic heterocycles. The van der Waals surface area contributed by atoms with E-state index in [1.54, 1.807) is 0 Å². The number of hydrogen-bond acceptors (Lipinski definition) is 14. The highest BCUT2D eigenvalue weighted by Crippen LogP contribution is 2.35. The molecule has 0 aromatic carbocycles. The minimum atomic E-state index is -0.988. The highest BCUT2D eigenvalue weighted by Gasteiger charge is 2.39. The van der Waals surface area contributed by atoms with Crippen LogP contribution in [0, 0.1) is 35.5 Å². The van der Waals surface area contributed by atoms with Gasteiger partial charge in [-0.15, -0.1) is 0 Å². The van der Waals surface area contributed by atoms with Crippen LogP contribution < -0.4 is 26.6 Å². The summed E-state index contributed by atoms with van der Waals surface area (Å²) in [6, 6.07) is -0.604. The Morgan fingerprint density at radius 2 is 0.863 bits per heavy atom. The van der Waals surface area contributed by atoms with Gasteiger partial charge in [0.05, 0.1) is 47.8 Å². The second-order valence-corrected chi connectivity index (χ2v) is 15.5. The SMILES string of the molecule is CC1CC(NC2NC(O)NC(NC3CCC(N=NC4CC(C(=O)O)CC(C(=O)O)C4)C(C)C3)N2)CCC1N=NC1CC(C(=O)O)CC(C(=O)O)C1. The normalized spacial score (nSPS) is 42.5. The van der Waals surface area contributed by atoms with Gasteiger partial charge in [0.2, 0.25) is 0 Å². The van der Waals surface area contributed by atoms with Gasteiger partial charge in [-0.25, -0.2) is 0 Å². The highest BCUT2D eigenvalue weighted by molar-refractivity contribution is 5.75. The maximum absolute atomic E-state index is 11.6. The van der Waals surface area contributed by atoms with Gasteiger partial charge in [0.1, 0.15) is 12.6 Å². The van der Waals surface area contributed by atoms with Crippen molar-refractivity contribution in [1.29, 1.82) is 0 Å². The number of aliphatic hydroxyl groups excluding tert-OH is 1. The van der Waals surface area contributed by atoms with Crippen molar-refractivity contribution in [3.8, 4) is 0 Å². The number of nitrogens with zero attached hydrogens (tertiary/aromatic N) is 4. The Balaban J connectivity index is 1.06. The van der Waals surface area contributed by atoms with Crippen LogP contribution in [0.25, 0.3) is 0 Å². The molecule has 1 saturated heterocycles. The molecule has 0 bridgehead atoms. The summed E-state index contributed by atoms with van der Waals surface area (Å²) >= 11 is 0. The molecule has 18 nitrogen and oxygen atoms in total. The van der Waals surface area contributed by atoms with Gasteiger partial charge < -0.3 is 25.5 Å². The Morgan fingerprint density at radius 1 is 0.510 bits per heavy atom. The first-order valence-corrected chi connectivity index (χ1v) is 18.4. The van der Waals surface area contributed by atoms with Crippen molar-refractivity contribution in [2.75, 3.05) is 0 Å². The molecule has 10 N–H and O–H groups in total. The van der Waals surface area contributed by atoms with Gasteiger partial charge in [0, 0.05) is 12.1 Å². The molecule has 0 spiro atoms. The van der Waals surface area contributed by atoms with Crippen molar-refractivity contribution in [3.63, 3.8) is 0 Å². The van der Waals surface area contributed by atoms with Crippen LogP contribution in [0.5, 0.6) is 0 Å². The van der Waals surface area contributed by atoms with Crippen molar-refractivity contribution in [3.05, 3.63) is 0 Å². The maximum atomic E-state index is 11.6. The first kappa shape index (κ1) is 39.1. The van der Waals surface area contributed by atoms with Crippen LogP contribution in [0.1, 0.15) is 90.9 Å². The van der Waals surface area contributed by atoms with E-state index in [0.717, 1.165) is 38.5 Å². The van der Waals surface area contributed by atoms with Crippen molar-refractivity contribution >= 4 is 23.9 Å². The lowest BCUT2D eigenvalue weighted by Gasteiger charge is -2.42. The minimum absolute atomic E-state index is 0.0342. The fourth-order valence-corrected chi connectivity index (χ4v) is 8.63. The molecule has 286 valence electrons. The van der Waals surface area contributed by atoms with Crippen molar-refractivity contribution < 1.29 is 44.7 Å². The third-order valence-corrected chi connectivity index (χ3v) is 11.6. The van der Waals surface area contributed by atoms with Gasteiger partial charge in [-0.3, -0.25) is 45.8 Å². The number of carbonyl (C=O) groups is 4. The molecule has 5 aliphatic rings. The minimum Gasteiger partial charge on any atom is -0.481 e. The first-order chi connectivity index (χ1) is 24.2. The molecule has 4 saturated carbocycles. The number of hydrogen-bond donors (Lipinski definition) is 10. The molecular weight excluding hydrogens is 666 g/mol. The largest absolute Gasteiger partial charge is 0.481 e. The van der Waals surface area contributed by atoms with E-state index in [1.165, 1.54) is 0 Å². The Morgan fingerprint density at radius 3 is 1.18 bits per heavy atom. The number of carboxylic acids is 4. The molecule has 0 amide bonds. The Hall–Kier alpha value is -3.16. The topological polar surface area (TPSA) is 279 Å². The summed E-state index contributed by atoms with van der Waals surface area (Å²) in [4.78, 5) is 46.3. The summed E-state index contributed by atoms with van der Waals surface area (Å²) in [5, 5.41) is 83.2. The van der Waals surface area contributed by atoms with Gasteiger partial charge in [0.15, 0.2) is 6.35 Å². The first-order valence-electron chi connectivity index (χ1n) is 18.4. The zero-order chi connectivity index (χ0) is 36.8. The summed E-state index contributed by atoms with van der Waals surface area (Å²) in [6.45, 7) is 4.21. The molecule has 5 fully saturated rings. The second-order valence-electron chi connectivity index (χ2n) is 15.5. The van der Waals surface area contributed by atoms with Crippen LogP contribution in [0.3, 0.4) is 0 Å². The second kappa shape index (κ2) is 17.6. The lowest BCUT2D eigenvalue weighted by atomic mass is 9.79. The molecule has 0 aromatic heterocycles. The van der Waals surface area contributed by atoms with Crippen LogP contribution >= 0.6 is 0 Å². The van der Waals surface area contributed by atoms with Crippen molar-refractivity contribution in [2.45, 2.75) is 146 Å². The Bertz CT molecular complexity index is 1170. The quantitative estimate of drug-likeness (QED) is 0.129. The van der Waals surface area contributed by atoms with E-state index in [4.69, 9.17) is 0 Å². The average molecular weight is 722 g/mol. The lowest BCUT2D eigenvalue weighted by molar-refractivity contribution is -0.150. The number of nitrogens with one attached hydrogen (secondary N) is 5. The number of carboxylic acid groups (broad SMARTS) is 4. The van der Waals surface area contributed by atoms with E-state index < -0.39 is 66.0 Å². The van der Waals surface area contributed by atoms with E-state index in [2.05, 4.69) is 60.9 Å². The summed E-state index contributed by atoms with van der Waals surface area (Å²) in [5.41, 5.74) is 0. The molecule has 5 rings (SSSR count). The average Bonchev–Trinajstić information content (AvgIpc) is 3.07. The molecule has 0 radical (unpaired) electrons. The summed E-state index contributed by atoms with van der Waals surface area (Å²) < 4.78 is 0. The van der Waals surface area contributed by atoms with E-state index in [-0.39, 0.29) is 61.4 Å². The highest BCUT2D eigenvalue weighted by atomic mass is 16.4. The van der Waals surface area contributed by atoms with E-state index in [1.807, 2.05) is 0 Å². The van der Waals surface area contributed by atoms with Crippen molar-refractivity contribution in [2.24, 2.45) is 56.0 Å². The predicted octanol–water partition coefficient (Wildman–Crippen LogP) is 1.72. The lowest BCUT2D eigenvalue weighted by Crippen LogP contribution is -2.76. The van der Waals surface area contributed by atoms with Gasteiger partial charge in [-0.1, -0.05) is 13.8 Å². The molecule has 18 heteroatoms. The zero-order valence-corrected chi connectivity index (χ0v) is 29.3. The number of aliphatic hydroxyl groups is 1. The van der Waals surface area contributed by atoms with E-state index in [9.17, 15) is 44.7 Å². The van der Waals surface area contributed by atoms with E-state index >= 15 is 0 Å². The fraction of sp³-hybridized carbons (Fsp3) is 0.879. The van der Waals surface area contributed by atoms with Crippen LogP contribution in [-0.2, 0) is 19.2 Å². The van der Waals surface area contributed by atoms with Gasteiger partial charge >= 0.3 is 23.9 Å². The predicted molar refractivity (Wildman–Crippen MR) is 180 cm³/mol. The maximum Gasteiger partial charge on any atom is 0.306 e. The number of rotatable bonds is 12. The van der Waals surface area contributed by atoms with Crippen LogP contribution in [0.2, 0.25) is 0 Å².